The summed E-state index contributed by atoms with van der Waals surface area (Å²) in [6.45, 7) is 0. The van der Waals surface area contributed by atoms with Crippen LogP contribution in [0.5, 0.6) is 0 Å². The first-order valence-electron chi connectivity index (χ1n) is 4.09. The Morgan fingerprint density at radius 1 is 0.765 bits per heavy atom. The summed E-state index contributed by atoms with van der Waals surface area (Å²) in [5, 5.41) is 0. The first-order chi connectivity index (χ1) is 7.52. The number of benzene rings is 1. The van der Waals surface area contributed by atoms with Crippen LogP contribution in [0.25, 0.3) is 0 Å². The Balaban J connectivity index is 3.53. The summed E-state index contributed by atoms with van der Waals surface area (Å²) >= 11 is 2.48. The molecule has 0 aliphatic carbocycles. The molecular weight excluding hydrogens is 321 g/mol. The van der Waals surface area contributed by atoms with Crippen molar-refractivity contribution >= 4 is 15.9 Å². The van der Waals surface area contributed by atoms with Crippen LogP contribution in [-0.4, -0.2) is 12.4 Å². The Morgan fingerprint density at radius 3 is 1.53 bits per heavy atom. The molecule has 0 saturated heterocycles. The van der Waals surface area contributed by atoms with Gasteiger partial charge in [-0.3, -0.25) is 0 Å². The van der Waals surface area contributed by atoms with Gasteiger partial charge in [0.25, 0.3) is 0 Å². The normalized spacial score (nSPS) is 13.9. The molecule has 17 heavy (non-hydrogen) atoms. The molecule has 8 heteroatoms. The molecule has 0 heterocycles. The molecule has 0 amide bonds. The summed E-state index contributed by atoms with van der Waals surface area (Å²) in [6.07, 6.45) is -12.2. The first kappa shape index (κ1) is 14.3. The average Bonchev–Trinajstić information content (AvgIpc) is 2.13. The third kappa shape index (κ3) is 2.27. The molecule has 0 spiro atoms. The third-order valence-corrected chi connectivity index (χ3v) is 2.72. The second kappa shape index (κ2) is 4.15. The molecule has 0 aliphatic heterocycles. The van der Waals surface area contributed by atoms with Crippen LogP contribution in [0.4, 0.5) is 30.7 Å². The number of hydrogen-bond donors (Lipinski definition) is 0. The number of halogens is 8. The van der Waals surface area contributed by atoms with Crippen molar-refractivity contribution in [2.75, 3.05) is 0 Å². The fourth-order valence-electron chi connectivity index (χ4n) is 1.21. The van der Waals surface area contributed by atoms with E-state index < -0.39 is 28.1 Å². The monoisotopic (exact) mass is 324 g/mol. The van der Waals surface area contributed by atoms with Gasteiger partial charge in [0.1, 0.15) is 0 Å². The SMILES string of the molecule is FC(F)(F)C(F)(c1ccccc1Br)C(F)(F)F. The van der Waals surface area contributed by atoms with Crippen molar-refractivity contribution in [2.24, 2.45) is 0 Å². The zero-order valence-corrected chi connectivity index (χ0v) is 9.42. The lowest BCUT2D eigenvalue weighted by atomic mass is 9.94. The average molecular weight is 325 g/mol. The zero-order valence-electron chi connectivity index (χ0n) is 7.83. The summed E-state index contributed by atoms with van der Waals surface area (Å²) in [4.78, 5) is 0. The maximum Gasteiger partial charge on any atom is 0.435 e. The van der Waals surface area contributed by atoms with E-state index in [-0.39, 0.29) is 0 Å². The van der Waals surface area contributed by atoms with Crippen LogP contribution >= 0.6 is 15.9 Å². The third-order valence-electron chi connectivity index (χ3n) is 2.03. The molecule has 0 atom stereocenters. The van der Waals surface area contributed by atoms with E-state index >= 15 is 0 Å². The fourth-order valence-corrected chi connectivity index (χ4v) is 1.76. The van der Waals surface area contributed by atoms with E-state index in [0.717, 1.165) is 12.1 Å². The Hall–Kier alpha value is -0.790. The molecule has 0 bridgehead atoms. The van der Waals surface area contributed by atoms with Crippen LogP contribution in [0.2, 0.25) is 0 Å². The van der Waals surface area contributed by atoms with E-state index in [1.165, 1.54) is 6.07 Å². The summed E-state index contributed by atoms with van der Waals surface area (Å²) in [6, 6.07) is 3.42. The van der Waals surface area contributed by atoms with Gasteiger partial charge >= 0.3 is 18.0 Å². The highest BCUT2D eigenvalue weighted by atomic mass is 79.9. The maximum absolute atomic E-state index is 13.5. The van der Waals surface area contributed by atoms with Crippen molar-refractivity contribution in [3.63, 3.8) is 0 Å². The van der Waals surface area contributed by atoms with Gasteiger partial charge in [0.05, 0.1) is 0 Å². The van der Waals surface area contributed by atoms with Gasteiger partial charge in [-0.1, -0.05) is 34.1 Å². The minimum Gasteiger partial charge on any atom is -0.218 e. The van der Waals surface area contributed by atoms with E-state index in [1.54, 1.807) is 0 Å². The number of rotatable bonds is 1. The quantitative estimate of drug-likeness (QED) is 0.655. The van der Waals surface area contributed by atoms with Crippen LogP contribution in [0.1, 0.15) is 5.56 Å². The molecule has 0 fully saturated rings. The molecule has 1 aromatic carbocycles. The Bertz CT molecular complexity index is 393. The molecule has 0 N–H and O–H groups in total. The van der Waals surface area contributed by atoms with Gasteiger partial charge in [-0.2, -0.15) is 26.3 Å². The largest absolute Gasteiger partial charge is 0.435 e. The van der Waals surface area contributed by atoms with Crippen LogP contribution < -0.4 is 0 Å². The maximum atomic E-state index is 13.5. The lowest BCUT2D eigenvalue weighted by Gasteiger charge is -2.30. The van der Waals surface area contributed by atoms with Gasteiger partial charge in [-0.05, 0) is 6.07 Å². The fraction of sp³-hybridized carbons (Fsp3) is 0.333. The molecule has 0 aromatic heterocycles. The van der Waals surface area contributed by atoms with Crippen molar-refractivity contribution < 1.29 is 30.7 Å². The molecule has 1 rings (SSSR count). The van der Waals surface area contributed by atoms with Gasteiger partial charge in [0, 0.05) is 10.0 Å². The van der Waals surface area contributed by atoms with E-state index in [4.69, 9.17) is 0 Å². The van der Waals surface area contributed by atoms with Crippen LogP contribution in [0, 0.1) is 0 Å². The molecule has 0 saturated carbocycles. The van der Waals surface area contributed by atoms with E-state index in [9.17, 15) is 30.7 Å². The second-order valence-electron chi connectivity index (χ2n) is 3.13. The van der Waals surface area contributed by atoms with Crippen LogP contribution in [0.3, 0.4) is 0 Å². The lowest BCUT2D eigenvalue weighted by Crippen LogP contribution is -2.50. The van der Waals surface area contributed by atoms with Crippen LogP contribution in [-0.2, 0) is 5.67 Å². The summed E-state index contributed by atoms with van der Waals surface area (Å²) in [5.41, 5.74) is -6.90. The van der Waals surface area contributed by atoms with E-state index in [0.29, 0.717) is 6.07 Å². The van der Waals surface area contributed by atoms with Gasteiger partial charge < -0.3 is 0 Å². The van der Waals surface area contributed by atoms with Gasteiger partial charge in [0.2, 0.25) is 0 Å². The molecular formula is C9H4BrF7. The van der Waals surface area contributed by atoms with E-state index in [2.05, 4.69) is 15.9 Å². The molecule has 0 radical (unpaired) electrons. The van der Waals surface area contributed by atoms with Crippen molar-refractivity contribution in [3.05, 3.63) is 34.3 Å². The standard InChI is InChI=1S/C9H4BrF7/c10-6-4-2-1-3-5(6)7(11,8(12,13)14)9(15,16)17/h1-4H. The Morgan fingerprint density at radius 2 is 1.18 bits per heavy atom. The predicted molar refractivity (Wildman–Crippen MR) is 49.0 cm³/mol. The molecule has 0 nitrogen and oxygen atoms in total. The Kier molecular flexibility index (Phi) is 3.48. The van der Waals surface area contributed by atoms with Gasteiger partial charge in [-0.15, -0.1) is 0 Å². The van der Waals surface area contributed by atoms with Crippen molar-refractivity contribution in [1.82, 2.24) is 0 Å². The van der Waals surface area contributed by atoms with Crippen molar-refractivity contribution in [2.45, 2.75) is 18.0 Å². The van der Waals surface area contributed by atoms with Crippen molar-refractivity contribution in [3.8, 4) is 0 Å². The number of alkyl halides is 7. The highest BCUT2D eigenvalue weighted by Gasteiger charge is 2.74. The minimum atomic E-state index is -6.09. The molecule has 0 aliphatic rings. The topological polar surface area (TPSA) is 0 Å². The molecule has 1 aromatic rings. The second-order valence-corrected chi connectivity index (χ2v) is 3.99. The Labute approximate surface area is 99.6 Å². The smallest absolute Gasteiger partial charge is 0.218 e. The van der Waals surface area contributed by atoms with Crippen LogP contribution in [0.15, 0.2) is 28.7 Å². The van der Waals surface area contributed by atoms with E-state index in [1.807, 2.05) is 0 Å². The molecule has 96 valence electrons. The molecule has 0 unspecified atom stereocenters. The van der Waals surface area contributed by atoms with Crippen molar-refractivity contribution in [1.29, 1.82) is 0 Å². The van der Waals surface area contributed by atoms with Gasteiger partial charge in [0.15, 0.2) is 0 Å². The predicted octanol–water partition coefficient (Wildman–Crippen LogP) is 4.74. The zero-order chi connectivity index (χ0) is 13.5. The minimum absolute atomic E-state index is 0.436. The summed E-state index contributed by atoms with van der Waals surface area (Å²) < 4.78 is 87.0. The van der Waals surface area contributed by atoms with Gasteiger partial charge in [-0.25, -0.2) is 4.39 Å². The first-order valence-corrected chi connectivity index (χ1v) is 4.88. The summed E-state index contributed by atoms with van der Waals surface area (Å²) in [5.74, 6) is 0. The highest BCUT2D eigenvalue weighted by molar-refractivity contribution is 9.10. The lowest BCUT2D eigenvalue weighted by molar-refractivity contribution is -0.348. The number of hydrogen-bond acceptors (Lipinski definition) is 0. The highest BCUT2D eigenvalue weighted by Crippen LogP contribution is 2.54. The summed E-state index contributed by atoms with van der Waals surface area (Å²) in [7, 11) is 0.